The number of hydrogen-bond acceptors (Lipinski definition) is 4. The Bertz CT molecular complexity index is 1280. The molecule has 1 N–H and O–H groups in total. The van der Waals surface area contributed by atoms with Gasteiger partial charge in [0.1, 0.15) is 0 Å². The second-order valence-corrected chi connectivity index (χ2v) is 20.7. The number of benzene rings is 1. The summed E-state index contributed by atoms with van der Waals surface area (Å²) in [6.07, 6.45) is 55.9. The lowest BCUT2D eigenvalue weighted by Gasteiger charge is -2.25. The highest BCUT2D eigenvalue weighted by molar-refractivity contribution is 6.21. The first kappa shape index (κ1) is 62.5. The van der Waals surface area contributed by atoms with Crippen LogP contribution < -0.4 is 4.90 Å². The SMILES string of the molecule is CCCCCCCCCCCCCCCCCC(=O)c1cccc(C(=O)O)c1N(C(=O)CCCCCCCCCCCCCCCCC)C(=O)CCCCCCCCCCCCCCCCC. The van der Waals surface area contributed by atoms with Crippen molar-refractivity contribution in [2.24, 2.45) is 0 Å². The lowest BCUT2D eigenvalue weighted by atomic mass is 9.97. The van der Waals surface area contributed by atoms with E-state index in [-0.39, 0.29) is 53.7 Å². The van der Waals surface area contributed by atoms with Gasteiger partial charge >= 0.3 is 5.97 Å². The molecule has 0 aliphatic rings. The lowest BCUT2D eigenvalue weighted by molar-refractivity contribution is -0.126. The Morgan fingerprint density at radius 1 is 0.328 bits per heavy atom. The molecule has 1 aromatic carbocycles. The van der Waals surface area contributed by atoms with Crippen LogP contribution in [0.5, 0.6) is 0 Å². The van der Waals surface area contributed by atoms with Gasteiger partial charge in [-0.1, -0.05) is 297 Å². The average Bonchev–Trinajstić information content (AvgIpc) is 3.32. The van der Waals surface area contributed by atoms with Gasteiger partial charge in [-0.25, -0.2) is 9.69 Å². The van der Waals surface area contributed by atoms with E-state index in [1.165, 1.54) is 224 Å². The summed E-state index contributed by atoms with van der Waals surface area (Å²) in [7, 11) is 0. The molecule has 0 aromatic heterocycles. The highest BCUT2D eigenvalue weighted by atomic mass is 16.4. The predicted molar refractivity (Wildman–Crippen MR) is 289 cm³/mol. The first-order valence-electron chi connectivity index (χ1n) is 29.6. The minimum absolute atomic E-state index is 0.00196. The number of para-hydroxylation sites is 1. The summed E-state index contributed by atoms with van der Waals surface area (Å²) in [5, 5.41) is 10.4. The summed E-state index contributed by atoms with van der Waals surface area (Å²) < 4.78 is 0. The van der Waals surface area contributed by atoms with Gasteiger partial charge in [-0.3, -0.25) is 14.4 Å². The molecule has 0 atom stereocenters. The van der Waals surface area contributed by atoms with Crippen LogP contribution in [0.1, 0.15) is 350 Å². The topological polar surface area (TPSA) is 91.8 Å². The number of carboxylic acids is 1. The molecule has 0 spiro atoms. The second kappa shape index (κ2) is 47.2. The van der Waals surface area contributed by atoms with Crippen LogP contribution in [0.15, 0.2) is 18.2 Å². The normalized spacial score (nSPS) is 11.4. The number of nitrogens with zero attached hydrogens (tertiary/aromatic N) is 1. The van der Waals surface area contributed by atoms with Crippen LogP contribution in [0.25, 0.3) is 0 Å². The van der Waals surface area contributed by atoms with Gasteiger partial charge in [0.25, 0.3) is 0 Å². The van der Waals surface area contributed by atoms with E-state index in [9.17, 15) is 24.3 Å². The average molecular weight is 937 g/mol. The van der Waals surface area contributed by atoms with E-state index < -0.39 is 5.97 Å². The number of Topliss-reactive ketones (excluding diaryl/α,β-unsaturated/α-hetero) is 1. The van der Waals surface area contributed by atoms with E-state index in [0.717, 1.165) is 56.3 Å². The molecule has 388 valence electrons. The standard InChI is InChI=1S/C61H109NO5/c1-4-7-10-13-16-19-22-25-28-31-34-37-40-43-46-52-57(63)55-50-49-51-56(61(66)67)60(55)62(58(64)53-47-44-41-38-35-32-29-26-23-20-17-14-11-8-5-2)59(65)54-48-45-42-39-36-33-30-27-24-21-18-15-12-9-6-3/h49-51H,4-48,52-54H2,1-3H3,(H,66,67). The summed E-state index contributed by atoms with van der Waals surface area (Å²) in [5.74, 6) is -2.16. The molecule has 0 saturated carbocycles. The van der Waals surface area contributed by atoms with Gasteiger partial charge in [-0.15, -0.1) is 0 Å². The van der Waals surface area contributed by atoms with E-state index in [1.54, 1.807) is 12.1 Å². The van der Waals surface area contributed by atoms with Crippen molar-refractivity contribution in [3.63, 3.8) is 0 Å². The third kappa shape index (κ3) is 35.3. The van der Waals surface area contributed by atoms with Gasteiger partial charge in [-0.2, -0.15) is 0 Å². The van der Waals surface area contributed by atoms with Gasteiger partial charge in [0, 0.05) is 24.8 Å². The summed E-state index contributed by atoms with van der Waals surface area (Å²) in [6.45, 7) is 6.80. The van der Waals surface area contributed by atoms with Crippen molar-refractivity contribution in [3.05, 3.63) is 29.3 Å². The van der Waals surface area contributed by atoms with E-state index in [1.807, 2.05) is 0 Å². The van der Waals surface area contributed by atoms with Crippen molar-refractivity contribution >= 4 is 29.3 Å². The fourth-order valence-corrected chi connectivity index (χ4v) is 9.88. The molecule has 0 heterocycles. The molecule has 1 aromatic rings. The van der Waals surface area contributed by atoms with Gasteiger partial charge in [0.05, 0.1) is 11.3 Å². The van der Waals surface area contributed by atoms with Crippen molar-refractivity contribution in [2.45, 2.75) is 329 Å². The minimum atomic E-state index is -1.22. The molecule has 67 heavy (non-hydrogen) atoms. The van der Waals surface area contributed by atoms with Crippen molar-refractivity contribution < 1.29 is 24.3 Å². The van der Waals surface area contributed by atoms with Gasteiger partial charge < -0.3 is 5.11 Å². The monoisotopic (exact) mass is 936 g/mol. The molecular formula is C61H109NO5. The Balaban J connectivity index is 2.72. The number of ketones is 1. The quantitative estimate of drug-likeness (QED) is 0.0519. The highest BCUT2D eigenvalue weighted by Crippen LogP contribution is 2.31. The van der Waals surface area contributed by atoms with E-state index >= 15 is 0 Å². The molecule has 0 aliphatic heterocycles. The maximum atomic E-state index is 14.1. The van der Waals surface area contributed by atoms with Crippen LogP contribution in [-0.2, 0) is 9.59 Å². The first-order valence-corrected chi connectivity index (χ1v) is 29.6. The van der Waals surface area contributed by atoms with Gasteiger partial charge in [-0.05, 0) is 31.4 Å². The van der Waals surface area contributed by atoms with Crippen LogP contribution in [0, 0.1) is 0 Å². The predicted octanol–water partition coefficient (Wildman–Crippen LogP) is 20.2. The number of anilines is 1. The molecule has 1 rings (SSSR count). The third-order valence-corrected chi connectivity index (χ3v) is 14.3. The Morgan fingerprint density at radius 3 is 0.806 bits per heavy atom. The molecule has 0 saturated heterocycles. The molecular weight excluding hydrogens is 827 g/mol. The van der Waals surface area contributed by atoms with E-state index in [0.29, 0.717) is 19.3 Å². The fraction of sp³-hybridized carbons (Fsp3) is 0.836. The zero-order valence-electron chi connectivity index (χ0n) is 44.7. The number of amides is 2. The maximum Gasteiger partial charge on any atom is 0.337 e. The summed E-state index contributed by atoms with van der Waals surface area (Å²) >= 11 is 0. The van der Waals surface area contributed by atoms with Crippen LogP contribution in [0.2, 0.25) is 0 Å². The number of carbonyl (C=O) groups excluding carboxylic acids is 3. The van der Waals surface area contributed by atoms with Crippen molar-refractivity contribution in [1.29, 1.82) is 0 Å². The number of carboxylic acid groups (broad SMARTS) is 1. The molecule has 6 heteroatoms. The number of hydrogen-bond donors (Lipinski definition) is 1. The number of rotatable bonds is 51. The van der Waals surface area contributed by atoms with Crippen molar-refractivity contribution in [2.75, 3.05) is 4.90 Å². The lowest BCUT2D eigenvalue weighted by Crippen LogP contribution is -2.39. The number of aromatic carboxylic acids is 1. The van der Waals surface area contributed by atoms with Gasteiger partial charge in [0.15, 0.2) is 5.78 Å². The van der Waals surface area contributed by atoms with E-state index in [2.05, 4.69) is 20.8 Å². The second-order valence-electron chi connectivity index (χ2n) is 20.7. The maximum absolute atomic E-state index is 14.1. The molecule has 0 radical (unpaired) electrons. The molecule has 0 bridgehead atoms. The molecule has 0 aliphatic carbocycles. The van der Waals surface area contributed by atoms with Crippen LogP contribution in [0.3, 0.4) is 0 Å². The van der Waals surface area contributed by atoms with Crippen LogP contribution >= 0.6 is 0 Å². The van der Waals surface area contributed by atoms with Crippen LogP contribution in [-0.4, -0.2) is 28.7 Å². The zero-order valence-corrected chi connectivity index (χ0v) is 44.7. The fourth-order valence-electron chi connectivity index (χ4n) is 9.88. The zero-order chi connectivity index (χ0) is 48.7. The summed E-state index contributed by atoms with van der Waals surface area (Å²) in [5.41, 5.74) is 0.0508. The molecule has 6 nitrogen and oxygen atoms in total. The smallest absolute Gasteiger partial charge is 0.337 e. The Labute approximate surface area is 415 Å². The van der Waals surface area contributed by atoms with Gasteiger partial charge in [0.2, 0.25) is 11.8 Å². The highest BCUT2D eigenvalue weighted by Gasteiger charge is 2.31. The number of unbranched alkanes of at least 4 members (excludes halogenated alkanes) is 42. The van der Waals surface area contributed by atoms with Crippen molar-refractivity contribution in [1.82, 2.24) is 0 Å². The number of carbonyl (C=O) groups is 4. The molecule has 0 fully saturated rings. The van der Waals surface area contributed by atoms with Crippen LogP contribution in [0.4, 0.5) is 5.69 Å². The largest absolute Gasteiger partial charge is 0.478 e. The first-order chi connectivity index (χ1) is 32.9. The summed E-state index contributed by atoms with van der Waals surface area (Å²) in [6, 6.07) is 4.66. The van der Waals surface area contributed by atoms with E-state index in [4.69, 9.17) is 0 Å². The molecule has 0 unspecified atom stereocenters. The summed E-state index contributed by atoms with van der Waals surface area (Å²) in [4.78, 5) is 56.0. The Morgan fingerprint density at radius 2 is 0.552 bits per heavy atom. The number of imide groups is 1. The Hall–Kier alpha value is -2.50. The molecule has 2 amide bonds. The minimum Gasteiger partial charge on any atom is -0.478 e. The van der Waals surface area contributed by atoms with Crippen molar-refractivity contribution in [3.8, 4) is 0 Å². The Kier molecular flexibility index (Phi) is 44.0. The third-order valence-electron chi connectivity index (χ3n) is 14.3.